The minimum atomic E-state index is -1.07. The minimum Gasteiger partial charge on any atom is -0.507 e. The molecule has 188 valence electrons. The zero-order valence-electron chi connectivity index (χ0n) is 18.5. The van der Waals surface area contributed by atoms with E-state index in [1.807, 2.05) is 0 Å². The number of carbonyl (C=O) groups excluding carboxylic acids is 3. The lowest BCUT2D eigenvalue weighted by Gasteiger charge is -2.14. The fourth-order valence-corrected chi connectivity index (χ4v) is 3.65. The van der Waals surface area contributed by atoms with E-state index in [1.54, 1.807) is 6.92 Å². The lowest BCUT2D eigenvalue weighted by molar-refractivity contribution is -0.152. The maximum Gasteiger partial charge on any atom is 0.397 e. The molecule has 36 heavy (non-hydrogen) atoms. The van der Waals surface area contributed by atoms with Gasteiger partial charge in [0, 0.05) is 22.8 Å². The predicted octanol–water partition coefficient (Wildman–Crippen LogP) is 5.72. The van der Waals surface area contributed by atoms with E-state index in [-0.39, 0.29) is 62.3 Å². The number of phenolic OH excluding ortho intramolecular Hbond substituents is 1. The molecule has 3 aromatic rings. The first-order valence-corrected chi connectivity index (χ1v) is 11.4. The van der Waals surface area contributed by atoms with Crippen LogP contribution in [0, 0.1) is 5.82 Å². The second-order valence-corrected chi connectivity index (χ2v) is 8.39. The topological polar surface area (TPSA) is 114 Å². The Morgan fingerprint density at radius 1 is 1.00 bits per heavy atom. The van der Waals surface area contributed by atoms with Crippen molar-refractivity contribution < 1.29 is 33.4 Å². The van der Waals surface area contributed by atoms with Crippen molar-refractivity contribution in [2.24, 2.45) is 0 Å². The van der Waals surface area contributed by atoms with Crippen LogP contribution in [0.4, 0.5) is 10.1 Å². The molecule has 0 saturated carbocycles. The molecule has 0 aliphatic heterocycles. The van der Waals surface area contributed by atoms with Crippen LogP contribution in [0.15, 0.2) is 48.5 Å². The number of anilines is 1. The third kappa shape index (κ3) is 6.78. The highest BCUT2D eigenvalue weighted by atomic mass is 35.5. The summed E-state index contributed by atoms with van der Waals surface area (Å²) in [5.41, 5.74) is 0.177. The molecule has 12 heteroatoms. The van der Waals surface area contributed by atoms with Crippen LogP contribution in [-0.2, 0) is 20.9 Å². The first-order valence-electron chi connectivity index (χ1n) is 10.3. The van der Waals surface area contributed by atoms with E-state index in [1.165, 1.54) is 42.5 Å². The second-order valence-electron chi connectivity index (χ2n) is 7.14. The first-order chi connectivity index (χ1) is 17.1. The number of hydrogen-bond acceptors (Lipinski definition) is 6. The quantitative estimate of drug-likeness (QED) is 0.254. The van der Waals surface area contributed by atoms with Gasteiger partial charge in [0.25, 0.3) is 5.91 Å². The molecule has 2 amide bonds. The highest BCUT2D eigenvalue weighted by Crippen LogP contribution is 2.39. The van der Waals surface area contributed by atoms with E-state index in [4.69, 9.17) is 39.5 Å². The highest BCUT2D eigenvalue weighted by Gasteiger charge is 2.19. The standard InChI is InChI=1S/C24H18Cl3FN2O6/c1-2-35-24(34)23(33)30-14-8-17(26)21(18(27)9-14)36-15-5-6-20(31)16(10-15)22(32)29-11-12-3-4-13(25)7-19(12)28/h3-10,31H,2,11H2,1H3,(H,29,32)(H,30,33). The van der Waals surface area contributed by atoms with Crippen LogP contribution < -0.4 is 15.4 Å². The number of carbonyl (C=O) groups is 3. The van der Waals surface area contributed by atoms with Gasteiger partial charge >= 0.3 is 11.9 Å². The van der Waals surface area contributed by atoms with Gasteiger partial charge in [0.05, 0.1) is 22.2 Å². The Morgan fingerprint density at radius 3 is 2.33 bits per heavy atom. The van der Waals surface area contributed by atoms with Gasteiger partial charge in [0.2, 0.25) is 0 Å². The Hall–Kier alpha value is -3.53. The van der Waals surface area contributed by atoms with Crippen molar-refractivity contribution >= 4 is 58.3 Å². The Labute approximate surface area is 219 Å². The summed E-state index contributed by atoms with van der Waals surface area (Å²) in [5, 5.41) is 15.1. The molecule has 3 rings (SSSR count). The van der Waals surface area contributed by atoms with E-state index < -0.39 is 23.6 Å². The number of halogens is 4. The third-order valence-corrected chi connectivity index (χ3v) is 5.40. The molecule has 0 aromatic heterocycles. The Kier molecular flexibility index (Phi) is 8.98. The second kappa shape index (κ2) is 11.9. The van der Waals surface area contributed by atoms with E-state index in [0.717, 1.165) is 6.07 Å². The molecule has 0 unspecified atom stereocenters. The number of rotatable bonds is 7. The number of ether oxygens (including phenoxy) is 2. The maximum absolute atomic E-state index is 14.0. The van der Waals surface area contributed by atoms with Gasteiger partial charge in [-0.05, 0) is 49.4 Å². The summed E-state index contributed by atoms with van der Waals surface area (Å²) in [5.74, 6) is -3.61. The summed E-state index contributed by atoms with van der Waals surface area (Å²) in [6, 6.07) is 10.5. The maximum atomic E-state index is 14.0. The van der Waals surface area contributed by atoms with E-state index >= 15 is 0 Å². The Balaban J connectivity index is 1.75. The summed E-state index contributed by atoms with van der Waals surface area (Å²) in [6.07, 6.45) is 0. The van der Waals surface area contributed by atoms with Crippen molar-refractivity contribution in [1.29, 1.82) is 0 Å². The number of hydrogen-bond donors (Lipinski definition) is 3. The van der Waals surface area contributed by atoms with Crippen LogP contribution in [-0.4, -0.2) is 29.5 Å². The molecule has 0 aliphatic carbocycles. The molecule has 8 nitrogen and oxygen atoms in total. The summed E-state index contributed by atoms with van der Waals surface area (Å²) >= 11 is 18.2. The van der Waals surface area contributed by atoms with Gasteiger partial charge in [-0.2, -0.15) is 0 Å². The molecule has 0 aliphatic rings. The van der Waals surface area contributed by atoms with Crippen LogP contribution in [0.5, 0.6) is 17.2 Å². The van der Waals surface area contributed by atoms with Gasteiger partial charge in [-0.3, -0.25) is 9.59 Å². The van der Waals surface area contributed by atoms with Crippen LogP contribution in [0.2, 0.25) is 15.1 Å². The largest absolute Gasteiger partial charge is 0.507 e. The van der Waals surface area contributed by atoms with Gasteiger partial charge in [-0.1, -0.05) is 40.9 Å². The fourth-order valence-electron chi connectivity index (χ4n) is 2.92. The van der Waals surface area contributed by atoms with Crippen molar-refractivity contribution in [2.45, 2.75) is 13.5 Å². The summed E-state index contributed by atoms with van der Waals surface area (Å²) < 4.78 is 24.3. The molecule has 3 N–H and O–H groups in total. The summed E-state index contributed by atoms with van der Waals surface area (Å²) in [6.45, 7) is 1.44. The van der Waals surface area contributed by atoms with Crippen LogP contribution in [0.25, 0.3) is 0 Å². The zero-order valence-corrected chi connectivity index (χ0v) is 20.8. The SMILES string of the molecule is CCOC(=O)C(=O)Nc1cc(Cl)c(Oc2ccc(O)c(C(=O)NCc3ccc(Cl)cc3F)c2)c(Cl)c1. The Bertz CT molecular complexity index is 1310. The number of benzene rings is 3. The molecule has 0 bridgehead atoms. The van der Waals surface area contributed by atoms with Gasteiger partial charge in [0.1, 0.15) is 17.3 Å². The Morgan fingerprint density at radius 2 is 1.69 bits per heavy atom. The molecule has 0 spiro atoms. The average Bonchev–Trinajstić information content (AvgIpc) is 2.81. The molecule has 0 saturated heterocycles. The molecular formula is C24H18Cl3FN2O6. The molecule has 0 fully saturated rings. The zero-order chi connectivity index (χ0) is 26.4. The summed E-state index contributed by atoms with van der Waals surface area (Å²) in [4.78, 5) is 35.9. The van der Waals surface area contributed by atoms with Crippen LogP contribution in [0.1, 0.15) is 22.8 Å². The minimum absolute atomic E-state index is 0.00671. The van der Waals surface area contributed by atoms with Gasteiger partial charge in [-0.25, -0.2) is 9.18 Å². The van der Waals surface area contributed by atoms with E-state index in [0.29, 0.717) is 0 Å². The molecule has 0 atom stereocenters. The lowest BCUT2D eigenvalue weighted by Crippen LogP contribution is -2.24. The number of esters is 1. The normalized spacial score (nSPS) is 10.5. The van der Waals surface area contributed by atoms with Crippen molar-refractivity contribution in [1.82, 2.24) is 5.32 Å². The van der Waals surface area contributed by atoms with Crippen LogP contribution >= 0.6 is 34.8 Å². The van der Waals surface area contributed by atoms with Crippen molar-refractivity contribution in [3.63, 3.8) is 0 Å². The monoisotopic (exact) mass is 554 g/mol. The third-order valence-electron chi connectivity index (χ3n) is 4.60. The molecule has 0 heterocycles. The molecule has 0 radical (unpaired) electrons. The van der Waals surface area contributed by atoms with Gasteiger partial charge < -0.3 is 25.2 Å². The average molecular weight is 556 g/mol. The van der Waals surface area contributed by atoms with E-state index in [2.05, 4.69) is 15.4 Å². The first kappa shape index (κ1) is 27.1. The highest BCUT2D eigenvalue weighted by molar-refractivity contribution is 6.39. The van der Waals surface area contributed by atoms with Gasteiger partial charge in [0.15, 0.2) is 5.75 Å². The van der Waals surface area contributed by atoms with Crippen molar-refractivity contribution in [3.8, 4) is 17.2 Å². The van der Waals surface area contributed by atoms with Crippen LogP contribution in [0.3, 0.4) is 0 Å². The number of phenols is 1. The van der Waals surface area contributed by atoms with E-state index in [9.17, 15) is 23.9 Å². The predicted molar refractivity (Wildman–Crippen MR) is 132 cm³/mol. The molecular weight excluding hydrogens is 538 g/mol. The molecule has 3 aromatic carbocycles. The van der Waals surface area contributed by atoms with Crippen molar-refractivity contribution in [3.05, 3.63) is 80.5 Å². The number of amides is 2. The number of aromatic hydroxyl groups is 1. The van der Waals surface area contributed by atoms with Gasteiger partial charge in [-0.15, -0.1) is 0 Å². The fraction of sp³-hybridized carbons (Fsp3) is 0.125. The number of nitrogens with one attached hydrogen (secondary N) is 2. The smallest absolute Gasteiger partial charge is 0.397 e. The summed E-state index contributed by atoms with van der Waals surface area (Å²) in [7, 11) is 0. The van der Waals surface area contributed by atoms with Crippen molar-refractivity contribution in [2.75, 3.05) is 11.9 Å². The lowest BCUT2D eigenvalue weighted by atomic mass is 10.1.